The number of benzene rings is 2. The van der Waals surface area contributed by atoms with Crippen molar-refractivity contribution in [1.82, 2.24) is 4.90 Å². The minimum Gasteiger partial charge on any atom is -0.371 e. The first kappa shape index (κ1) is 19.2. The number of nitrogens with one attached hydrogen (secondary N) is 1. The van der Waals surface area contributed by atoms with Crippen LogP contribution in [0, 0.1) is 5.92 Å². The summed E-state index contributed by atoms with van der Waals surface area (Å²) in [5.74, 6) is 0.425. The van der Waals surface area contributed by atoms with Gasteiger partial charge in [-0.1, -0.05) is 18.2 Å². The summed E-state index contributed by atoms with van der Waals surface area (Å²) in [6.07, 6.45) is 2.21. The molecule has 0 radical (unpaired) electrons. The molecule has 1 N–H and O–H groups in total. The van der Waals surface area contributed by atoms with Crippen molar-refractivity contribution < 1.29 is 13.2 Å². The van der Waals surface area contributed by atoms with Gasteiger partial charge in [-0.05, 0) is 48.7 Å². The summed E-state index contributed by atoms with van der Waals surface area (Å²) in [6.45, 7) is 2.61. The van der Waals surface area contributed by atoms with Crippen molar-refractivity contribution in [3.63, 3.8) is 0 Å². The van der Waals surface area contributed by atoms with Crippen molar-refractivity contribution in [1.29, 1.82) is 0 Å². The molecule has 0 aliphatic carbocycles. The molecule has 2 aromatic rings. The van der Waals surface area contributed by atoms with Gasteiger partial charge in [-0.2, -0.15) is 0 Å². The molecular formula is C20H25N3O3S. The summed E-state index contributed by atoms with van der Waals surface area (Å²) in [7, 11) is -1.45. The molecule has 27 heavy (non-hydrogen) atoms. The van der Waals surface area contributed by atoms with Crippen LogP contribution in [-0.2, 0) is 9.84 Å². The summed E-state index contributed by atoms with van der Waals surface area (Å²) in [6, 6.07) is 16.3. The third-order valence-corrected chi connectivity index (χ3v) is 5.95. The Hall–Kier alpha value is -2.54. The fraction of sp³-hybridized carbons (Fsp3) is 0.350. The first-order valence-electron chi connectivity index (χ1n) is 8.95. The highest BCUT2D eigenvalue weighted by Gasteiger charge is 2.25. The lowest BCUT2D eigenvalue weighted by atomic mass is 10.1. The average Bonchev–Trinajstić information content (AvgIpc) is 3.10. The lowest BCUT2D eigenvalue weighted by molar-refractivity contribution is 0.215. The van der Waals surface area contributed by atoms with Gasteiger partial charge in [-0.25, -0.2) is 13.2 Å². The molecule has 0 aromatic heterocycles. The molecule has 144 valence electrons. The van der Waals surface area contributed by atoms with Crippen molar-refractivity contribution >= 4 is 27.2 Å². The van der Waals surface area contributed by atoms with Crippen molar-refractivity contribution in [2.24, 2.45) is 5.92 Å². The van der Waals surface area contributed by atoms with Crippen LogP contribution in [0.5, 0.6) is 0 Å². The lowest BCUT2D eigenvalue weighted by Crippen LogP contribution is -2.36. The Kier molecular flexibility index (Phi) is 5.70. The molecule has 1 fully saturated rings. The van der Waals surface area contributed by atoms with E-state index in [-0.39, 0.29) is 10.9 Å². The molecule has 1 heterocycles. The van der Waals surface area contributed by atoms with E-state index in [1.54, 1.807) is 24.1 Å². The van der Waals surface area contributed by atoms with E-state index in [4.69, 9.17) is 0 Å². The van der Waals surface area contributed by atoms with Crippen LogP contribution >= 0.6 is 0 Å². The molecular weight excluding hydrogens is 362 g/mol. The topological polar surface area (TPSA) is 69.7 Å². The van der Waals surface area contributed by atoms with Crippen molar-refractivity contribution in [3.8, 4) is 0 Å². The van der Waals surface area contributed by atoms with Gasteiger partial charge in [0.1, 0.15) is 0 Å². The normalized spacial score (nSPS) is 17.0. The molecule has 0 unspecified atom stereocenters. The highest BCUT2D eigenvalue weighted by atomic mass is 32.2. The predicted molar refractivity (Wildman–Crippen MR) is 108 cm³/mol. The second-order valence-corrected chi connectivity index (χ2v) is 9.06. The molecule has 3 rings (SSSR count). The maximum Gasteiger partial charge on any atom is 0.321 e. The van der Waals surface area contributed by atoms with E-state index >= 15 is 0 Å². The van der Waals surface area contributed by atoms with E-state index in [2.05, 4.69) is 22.3 Å². The molecule has 0 bridgehead atoms. The molecule has 0 spiro atoms. The molecule has 7 heteroatoms. The van der Waals surface area contributed by atoms with Gasteiger partial charge in [0.15, 0.2) is 9.84 Å². The van der Waals surface area contributed by atoms with E-state index in [9.17, 15) is 13.2 Å². The third kappa shape index (κ3) is 5.01. The van der Waals surface area contributed by atoms with Gasteiger partial charge in [0.05, 0.1) is 4.90 Å². The van der Waals surface area contributed by atoms with Crippen LogP contribution < -0.4 is 10.2 Å². The number of sulfone groups is 1. The van der Waals surface area contributed by atoms with Gasteiger partial charge >= 0.3 is 6.03 Å². The Morgan fingerprint density at radius 3 is 2.44 bits per heavy atom. The maximum absolute atomic E-state index is 12.4. The SMILES string of the molecule is CN(C[C@H]1CCN(c2ccccc2)C1)C(=O)Nc1ccc(S(C)(=O)=O)cc1. The highest BCUT2D eigenvalue weighted by molar-refractivity contribution is 7.90. The number of anilines is 2. The van der Waals surface area contributed by atoms with Crippen LogP contribution in [0.3, 0.4) is 0 Å². The monoisotopic (exact) mass is 387 g/mol. The minimum absolute atomic E-state index is 0.194. The standard InChI is InChI=1S/C20H25N3O3S/c1-22(14-16-12-13-23(15-16)18-6-4-3-5-7-18)20(24)21-17-8-10-19(11-9-17)27(2,25)26/h3-11,16H,12-15H2,1-2H3,(H,21,24)/t16-/m1/s1. The minimum atomic E-state index is -3.24. The van der Waals surface area contributed by atoms with Gasteiger partial charge in [0.25, 0.3) is 0 Å². The van der Waals surface area contributed by atoms with E-state index < -0.39 is 9.84 Å². The number of rotatable bonds is 5. The Morgan fingerprint density at radius 2 is 1.81 bits per heavy atom. The van der Waals surface area contributed by atoms with Crippen molar-refractivity contribution in [3.05, 3.63) is 54.6 Å². The van der Waals surface area contributed by atoms with Gasteiger partial charge in [-0.15, -0.1) is 0 Å². The predicted octanol–water partition coefficient (Wildman–Crippen LogP) is 3.08. The molecule has 2 aromatic carbocycles. The maximum atomic E-state index is 12.4. The zero-order valence-electron chi connectivity index (χ0n) is 15.6. The number of hydrogen-bond acceptors (Lipinski definition) is 4. The number of nitrogens with zero attached hydrogens (tertiary/aromatic N) is 2. The Balaban J connectivity index is 1.52. The van der Waals surface area contributed by atoms with Gasteiger partial charge in [-0.3, -0.25) is 0 Å². The molecule has 1 atom stereocenters. The number of hydrogen-bond donors (Lipinski definition) is 1. The molecule has 2 amide bonds. The second kappa shape index (κ2) is 8.00. The Morgan fingerprint density at radius 1 is 1.15 bits per heavy atom. The fourth-order valence-corrected chi connectivity index (χ4v) is 3.96. The molecule has 1 saturated heterocycles. The molecule has 1 aliphatic heterocycles. The summed E-state index contributed by atoms with van der Waals surface area (Å²) in [5.41, 5.74) is 1.80. The van der Waals surface area contributed by atoms with Crippen LogP contribution in [0.2, 0.25) is 0 Å². The third-order valence-electron chi connectivity index (χ3n) is 4.82. The quantitative estimate of drug-likeness (QED) is 0.856. The molecule has 0 saturated carbocycles. The van der Waals surface area contributed by atoms with Crippen molar-refractivity contribution in [2.75, 3.05) is 43.2 Å². The highest BCUT2D eigenvalue weighted by Crippen LogP contribution is 2.24. The van der Waals surface area contributed by atoms with Crippen LogP contribution in [0.25, 0.3) is 0 Å². The number of urea groups is 1. The van der Waals surface area contributed by atoms with Crippen LogP contribution in [0.1, 0.15) is 6.42 Å². The smallest absolute Gasteiger partial charge is 0.321 e. The largest absolute Gasteiger partial charge is 0.371 e. The first-order chi connectivity index (χ1) is 12.8. The van der Waals surface area contributed by atoms with Crippen LogP contribution in [-0.4, -0.2) is 52.3 Å². The van der Waals surface area contributed by atoms with E-state index in [0.29, 0.717) is 18.2 Å². The van der Waals surface area contributed by atoms with E-state index in [1.807, 2.05) is 18.2 Å². The summed E-state index contributed by atoms with van der Waals surface area (Å²) in [5, 5.41) is 2.82. The van der Waals surface area contributed by atoms with E-state index in [0.717, 1.165) is 25.8 Å². The number of carbonyl (C=O) groups is 1. The number of para-hydroxylation sites is 1. The molecule has 1 aliphatic rings. The first-order valence-corrected chi connectivity index (χ1v) is 10.8. The zero-order valence-corrected chi connectivity index (χ0v) is 16.4. The van der Waals surface area contributed by atoms with Gasteiger partial charge in [0, 0.05) is 44.3 Å². The number of amides is 2. The van der Waals surface area contributed by atoms with Gasteiger partial charge in [0.2, 0.25) is 0 Å². The Labute approximate surface area is 160 Å². The van der Waals surface area contributed by atoms with Crippen molar-refractivity contribution in [2.45, 2.75) is 11.3 Å². The average molecular weight is 388 g/mol. The Bertz CT molecular complexity index is 882. The van der Waals surface area contributed by atoms with Gasteiger partial charge < -0.3 is 15.1 Å². The zero-order chi connectivity index (χ0) is 19.4. The van der Waals surface area contributed by atoms with Crippen LogP contribution in [0.4, 0.5) is 16.2 Å². The summed E-state index contributed by atoms with van der Waals surface area (Å²) in [4.78, 5) is 16.7. The number of carbonyl (C=O) groups excluding carboxylic acids is 1. The molecule has 6 nitrogen and oxygen atoms in total. The lowest BCUT2D eigenvalue weighted by Gasteiger charge is -2.23. The summed E-state index contributed by atoms with van der Waals surface area (Å²) < 4.78 is 23.0. The fourth-order valence-electron chi connectivity index (χ4n) is 3.33. The van der Waals surface area contributed by atoms with Crippen LogP contribution in [0.15, 0.2) is 59.5 Å². The van der Waals surface area contributed by atoms with E-state index in [1.165, 1.54) is 17.8 Å². The summed E-state index contributed by atoms with van der Waals surface area (Å²) >= 11 is 0. The second-order valence-electron chi connectivity index (χ2n) is 7.04.